The van der Waals surface area contributed by atoms with E-state index in [4.69, 9.17) is 5.11 Å². The SMILES string of the molecule is CCC(C)N1CCN(S(=O)(=O)c2scnc2C(=O)O)CC1. The first kappa shape index (κ1) is 16.3. The Kier molecular flexibility index (Phi) is 4.97. The monoisotopic (exact) mass is 333 g/mol. The second-order valence-electron chi connectivity index (χ2n) is 4.99. The van der Waals surface area contributed by atoms with Crippen LogP contribution in [0.15, 0.2) is 9.72 Å². The number of rotatable bonds is 5. The fourth-order valence-corrected chi connectivity index (χ4v) is 5.02. The van der Waals surface area contributed by atoms with Crippen LogP contribution in [0.2, 0.25) is 0 Å². The molecule has 1 aromatic heterocycles. The maximum absolute atomic E-state index is 12.5. The van der Waals surface area contributed by atoms with Crippen molar-refractivity contribution in [2.24, 2.45) is 0 Å². The number of hydrogen-bond acceptors (Lipinski definition) is 6. The second kappa shape index (κ2) is 6.39. The molecule has 1 aliphatic heterocycles. The van der Waals surface area contributed by atoms with E-state index in [9.17, 15) is 13.2 Å². The molecule has 1 atom stereocenters. The number of aromatic carboxylic acids is 1. The first-order valence-corrected chi connectivity index (χ1v) is 9.10. The number of thiazole rings is 1. The first-order valence-electron chi connectivity index (χ1n) is 6.79. The Balaban J connectivity index is 2.15. The molecule has 0 aromatic carbocycles. The van der Waals surface area contributed by atoms with E-state index in [-0.39, 0.29) is 9.90 Å². The minimum absolute atomic E-state index is 0.174. The first-order chi connectivity index (χ1) is 9.87. The molecule has 1 aliphatic rings. The van der Waals surface area contributed by atoms with Gasteiger partial charge in [-0.1, -0.05) is 6.92 Å². The third-order valence-corrected chi connectivity index (χ3v) is 7.04. The van der Waals surface area contributed by atoms with Crippen LogP contribution in [0.1, 0.15) is 30.8 Å². The van der Waals surface area contributed by atoms with Gasteiger partial charge in [0.2, 0.25) is 0 Å². The normalized spacial score (nSPS) is 19.5. The summed E-state index contributed by atoms with van der Waals surface area (Å²) >= 11 is 0.855. The zero-order chi connectivity index (χ0) is 15.6. The van der Waals surface area contributed by atoms with E-state index in [1.165, 1.54) is 9.82 Å². The standard InChI is InChI=1S/C12H19N3O4S2/c1-3-9(2)14-4-6-15(7-5-14)21(18,19)12-10(11(16)17)13-8-20-12/h8-9H,3-7H2,1-2H3,(H,16,17). The number of nitrogens with zero attached hydrogens (tertiary/aromatic N) is 3. The van der Waals surface area contributed by atoms with Crippen molar-refractivity contribution in [3.63, 3.8) is 0 Å². The topological polar surface area (TPSA) is 90.8 Å². The predicted molar refractivity (Wildman–Crippen MR) is 79.2 cm³/mol. The van der Waals surface area contributed by atoms with Gasteiger partial charge >= 0.3 is 5.97 Å². The van der Waals surface area contributed by atoms with E-state index in [0.29, 0.717) is 32.2 Å². The molecule has 0 amide bonds. The number of carboxylic acids is 1. The van der Waals surface area contributed by atoms with Crippen molar-refractivity contribution in [3.8, 4) is 0 Å². The van der Waals surface area contributed by atoms with E-state index in [1.54, 1.807) is 0 Å². The highest BCUT2D eigenvalue weighted by molar-refractivity contribution is 7.91. The maximum atomic E-state index is 12.5. The van der Waals surface area contributed by atoms with Gasteiger partial charge in [-0.25, -0.2) is 18.2 Å². The molecule has 0 radical (unpaired) electrons. The summed E-state index contributed by atoms with van der Waals surface area (Å²) in [6.07, 6.45) is 1.02. The van der Waals surface area contributed by atoms with Crippen LogP contribution in [-0.2, 0) is 10.0 Å². The van der Waals surface area contributed by atoms with E-state index in [2.05, 4.69) is 23.7 Å². The van der Waals surface area contributed by atoms with E-state index in [0.717, 1.165) is 17.8 Å². The van der Waals surface area contributed by atoms with Gasteiger partial charge in [-0.3, -0.25) is 4.90 Å². The maximum Gasteiger partial charge on any atom is 0.356 e. The van der Waals surface area contributed by atoms with E-state index < -0.39 is 16.0 Å². The molecule has 9 heteroatoms. The highest BCUT2D eigenvalue weighted by atomic mass is 32.2. The molecule has 1 N–H and O–H groups in total. The number of sulfonamides is 1. The molecule has 21 heavy (non-hydrogen) atoms. The molecule has 0 aliphatic carbocycles. The number of piperazine rings is 1. The van der Waals surface area contributed by atoms with Crippen LogP contribution in [0.5, 0.6) is 0 Å². The number of aromatic nitrogens is 1. The lowest BCUT2D eigenvalue weighted by atomic mass is 10.2. The number of hydrogen-bond donors (Lipinski definition) is 1. The van der Waals surface area contributed by atoms with Gasteiger partial charge in [0.15, 0.2) is 9.90 Å². The molecule has 7 nitrogen and oxygen atoms in total. The molecule has 118 valence electrons. The van der Waals surface area contributed by atoms with Crippen molar-refractivity contribution in [2.45, 2.75) is 30.5 Å². The summed E-state index contributed by atoms with van der Waals surface area (Å²) in [5.74, 6) is -1.31. The minimum Gasteiger partial charge on any atom is -0.476 e. The second-order valence-corrected chi connectivity index (χ2v) is 7.98. The lowest BCUT2D eigenvalue weighted by molar-refractivity contribution is 0.0687. The lowest BCUT2D eigenvalue weighted by Crippen LogP contribution is -2.51. The fourth-order valence-electron chi connectivity index (χ4n) is 2.32. The van der Waals surface area contributed by atoms with Crippen LogP contribution < -0.4 is 0 Å². The molecule has 0 bridgehead atoms. The van der Waals surface area contributed by atoms with Crippen LogP contribution in [0.4, 0.5) is 0 Å². The van der Waals surface area contributed by atoms with Crippen molar-refractivity contribution < 1.29 is 18.3 Å². The molecular weight excluding hydrogens is 314 g/mol. The van der Waals surface area contributed by atoms with Crippen molar-refractivity contribution in [3.05, 3.63) is 11.2 Å². The van der Waals surface area contributed by atoms with Gasteiger partial charge in [0.25, 0.3) is 10.0 Å². The Labute approximate surface area is 128 Å². The zero-order valence-electron chi connectivity index (χ0n) is 12.0. The highest BCUT2D eigenvalue weighted by Gasteiger charge is 2.34. The van der Waals surface area contributed by atoms with Gasteiger partial charge in [0.05, 0.1) is 5.51 Å². The van der Waals surface area contributed by atoms with Crippen LogP contribution >= 0.6 is 11.3 Å². The number of carboxylic acid groups (broad SMARTS) is 1. The van der Waals surface area contributed by atoms with Crippen LogP contribution in [0.3, 0.4) is 0 Å². The predicted octanol–water partition coefficient (Wildman–Crippen LogP) is 0.946. The Hall–Kier alpha value is -1.03. The van der Waals surface area contributed by atoms with Gasteiger partial charge in [-0.2, -0.15) is 4.31 Å². The smallest absolute Gasteiger partial charge is 0.356 e. The number of carbonyl (C=O) groups is 1. The summed E-state index contributed by atoms with van der Waals surface area (Å²) < 4.78 is 26.2. The van der Waals surface area contributed by atoms with Crippen LogP contribution in [-0.4, -0.2) is 65.9 Å². The summed E-state index contributed by atoms with van der Waals surface area (Å²) in [5.41, 5.74) is 0.871. The minimum atomic E-state index is -3.77. The van der Waals surface area contributed by atoms with Gasteiger partial charge in [-0.15, -0.1) is 11.3 Å². The van der Waals surface area contributed by atoms with Crippen LogP contribution in [0, 0.1) is 0 Å². The van der Waals surface area contributed by atoms with E-state index in [1.807, 2.05) is 0 Å². The largest absolute Gasteiger partial charge is 0.476 e. The summed E-state index contributed by atoms with van der Waals surface area (Å²) in [5, 5.41) is 9.02. The lowest BCUT2D eigenvalue weighted by Gasteiger charge is -2.36. The van der Waals surface area contributed by atoms with Gasteiger partial charge in [0.1, 0.15) is 0 Å². The quantitative estimate of drug-likeness (QED) is 0.862. The van der Waals surface area contributed by atoms with Crippen molar-refractivity contribution in [1.82, 2.24) is 14.2 Å². The molecule has 0 spiro atoms. The third kappa shape index (κ3) is 3.25. The summed E-state index contributed by atoms with van der Waals surface area (Å²) in [6, 6.07) is 0.424. The Morgan fingerprint density at radius 1 is 1.43 bits per heavy atom. The molecule has 1 fully saturated rings. The molecule has 2 rings (SSSR count). The Morgan fingerprint density at radius 2 is 2.05 bits per heavy atom. The molecule has 0 saturated carbocycles. The fraction of sp³-hybridized carbons (Fsp3) is 0.667. The van der Waals surface area contributed by atoms with E-state index >= 15 is 0 Å². The van der Waals surface area contributed by atoms with Crippen molar-refractivity contribution in [2.75, 3.05) is 26.2 Å². The van der Waals surface area contributed by atoms with Crippen molar-refractivity contribution in [1.29, 1.82) is 0 Å². The molecule has 1 aromatic rings. The Morgan fingerprint density at radius 3 is 2.57 bits per heavy atom. The molecule has 1 saturated heterocycles. The summed E-state index contributed by atoms with van der Waals surface area (Å²) in [4.78, 5) is 16.9. The summed E-state index contributed by atoms with van der Waals surface area (Å²) in [6.45, 7) is 6.30. The molecular formula is C12H19N3O4S2. The molecule has 2 heterocycles. The van der Waals surface area contributed by atoms with Gasteiger partial charge in [-0.05, 0) is 13.3 Å². The van der Waals surface area contributed by atoms with Crippen molar-refractivity contribution >= 4 is 27.3 Å². The third-order valence-electron chi connectivity index (χ3n) is 3.80. The zero-order valence-corrected chi connectivity index (χ0v) is 13.7. The van der Waals surface area contributed by atoms with Gasteiger partial charge in [0, 0.05) is 32.2 Å². The van der Waals surface area contributed by atoms with Crippen LogP contribution in [0.25, 0.3) is 0 Å². The summed E-state index contributed by atoms with van der Waals surface area (Å²) in [7, 11) is -3.77. The van der Waals surface area contributed by atoms with Gasteiger partial charge < -0.3 is 5.11 Å². The molecule has 1 unspecified atom stereocenters. The average molecular weight is 333 g/mol. The average Bonchev–Trinajstić information content (AvgIpc) is 2.97. The highest BCUT2D eigenvalue weighted by Crippen LogP contribution is 2.25. The Bertz CT molecular complexity index is 606.